The fourth-order valence-electron chi connectivity index (χ4n) is 3.57. The number of anilines is 1. The molecular weight excluding hydrogens is 444 g/mol. The minimum absolute atomic E-state index is 0.287. The summed E-state index contributed by atoms with van der Waals surface area (Å²) in [6.45, 7) is 5.75. The van der Waals surface area contributed by atoms with E-state index < -0.39 is 5.91 Å². The first-order valence-corrected chi connectivity index (χ1v) is 11.5. The van der Waals surface area contributed by atoms with E-state index >= 15 is 0 Å². The van der Waals surface area contributed by atoms with Crippen molar-refractivity contribution in [3.8, 4) is 5.75 Å². The van der Waals surface area contributed by atoms with Gasteiger partial charge in [-0.2, -0.15) is 5.10 Å². The van der Waals surface area contributed by atoms with Crippen molar-refractivity contribution in [2.75, 3.05) is 26.0 Å². The van der Waals surface area contributed by atoms with Crippen LogP contribution < -0.4 is 25.2 Å². The number of primary amides is 1. The van der Waals surface area contributed by atoms with Crippen molar-refractivity contribution < 1.29 is 14.3 Å². The molecule has 0 saturated carbocycles. The molecule has 3 rings (SSSR count). The van der Waals surface area contributed by atoms with Crippen molar-refractivity contribution in [2.45, 2.75) is 39.8 Å². The van der Waals surface area contributed by atoms with Crippen molar-refractivity contribution in [3.05, 3.63) is 35.2 Å². The zero-order valence-electron chi connectivity index (χ0n) is 19.3. The van der Waals surface area contributed by atoms with E-state index in [1.54, 1.807) is 22.9 Å². The number of carbonyl (C=O) groups excluding carboxylic acids is 2. The summed E-state index contributed by atoms with van der Waals surface area (Å²) in [5, 5.41) is 7.26. The molecule has 0 atom stereocenters. The average molecular weight is 475 g/mol. The van der Waals surface area contributed by atoms with Gasteiger partial charge in [-0.3, -0.25) is 29.0 Å². The largest absolute Gasteiger partial charge is 0.494 e. The van der Waals surface area contributed by atoms with Crippen LogP contribution in [0.15, 0.2) is 18.2 Å². The van der Waals surface area contributed by atoms with Crippen molar-refractivity contribution in [1.29, 1.82) is 0 Å². The fourth-order valence-corrected chi connectivity index (χ4v) is 3.96. The van der Waals surface area contributed by atoms with E-state index in [1.165, 1.54) is 19.2 Å². The quantitative estimate of drug-likeness (QED) is 0.231. The second kappa shape index (κ2) is 11.2. The minimum atomic E-state index is -0.578. The van der Waals surface area contributed by atoms with Crippen molar-refractivity contribution in [1.82, 2.24) is 28.8 Å². The number of fused-ring (bicyclic) bond motifs is 1. The summed E-state index contributed by atoms with van der Waals surface area (Å²) in [6.07, 6.45) is 1.74. The Hall–Kier alpha value is -3.09. The van der Waals surface area contributed by atoms with E-state index in [-0.39, 0.29) is 11.5 Å². The van der Waals surface area contributed by atoms with E-state index in [0.717, 1.165) is 25.1 Å². The summed E-state index contributed by atoms with van der Waals surface area (Å²) in [4.78, 5) is 29.4. The number of amides is 2. The number of hydrogen-bond acceptors (Lipinski definition) is 8. The van der Waals surface area contributed by atoms with Crippen molar-refractivity contribution >= 4 is 40.9 Å². The number of nitrogens with zero attached hydrogens (tertiary/aromatic N) is 4. The van der Waals surface area contributed by atoms with Gasteiger partial charge in [0.25, 0.3) is 5.91 Å². The summed E-state index contributed by atoms with van der Waals surface area (Å²) in [5.74, 6) is -0.0532. The Morgan fingerprint density at radius 3 is 2.70 bits per heavy atom. The van der Waals surface area contributed by atoms with E-state index in [1.807, 2.05) is 25.5 Å². The Labute approximate surface area is 196 Å². The van der Waals surface area contributed by atoms with Gasteiger partial charge >= 0.3 is 0 Å². The average Bonchev–Trinajstić information content (AvgIpc) is 3.35. The maximum Gasteiger partial charge on any atom is 0.276 e. The third kappa shape index (κ3) is 5.64. The molecule has 0 bridgehead atoms. The van der Waals surface area contributed by atoms with E-state index in [9.17, 15) is 9.59 Å². The summed E-state index contributed by atoms with van der Waals surface area (Å²) >= 11 is 1.44. The van der Waals surface area contributed by atoms with Gasteiger partial charge in [0.05, 0.1) is 18.3 Å². The first-order chi connectivity index (χ1) is 15.9. The van der Waals surface area contributed by atoms with Gasteiger partial charge in [0.2, 0.25) is 11.9 Å². The molecule has 1 aromatic carbocycles. The van der Waals surface area contributed by atoms with Crippen LogP contribution >= 0.6 is 12.1 Å². The van der Waals surface area contributed by atoms with E-state index in [2.05, 4.69) is 24.8 Å². The van der Waals surface area contributed by atoms with Gasteiger partial charge < -0.3 is 15.0 Å². The smallest absolute Gasteiger partial charge is 0.276 e. The third-order valence-corrected chi connectivity index (χ3v) is 5.61. The molecule has 33 heavy (non-hydrogen) atoms. The van der Waals surface area contributed by atoms with Crippen LogP contribution in [0.4, 0.5) is 5.95 Å². The second-order valence-electron chi connectivity index (χ2n) is 7.35. The second-order valence-corrected chi connectivity index (χ2v) is 8.25. The number of nitrogens with one attached hydrogen (secondary N) is 3. The van der Waals surface area contributed by atoms with Gasteiger partial charge in [-0.25, -0.2) is 4.98 Å². The number of ether oxygens (including phenoxy) is 1. The molecule has 11 nitrogen and oxygen atoms in total. The highest BCUT2D eigenvalue weighted by molar-refractivity contribution is 7.95. The molecule has 12 heteroatoms. The Kier molecular flexibility index (Phi) is 8.31. The normalized spacial score (nSPS) is 11.2. The molecule has 0 radical (unpaired) electrons. The number of aryl methyl sites for hydroxylation is 3. The summed E-state index contributed by atoms with van der Waals surface area (Å²) < 4.78 is 15.3. The van der Waals surface area contributed by atoms with Crippen LogP contribution in [0.3, 0.4) is 0 Å². The third-order valence-electron chi connectivity index (χ3n) is 5.06. The lowest BCUT2D eigenvalue weighted by Gasteiger charge is -2.13. The maximum atomic E-state index is 13.1. The summed E-state index contributed by atoms with van der Waals surface area (Å²) in [5.41, 5.74) is 8.18. The summed E-state index contributed by atoms with van der Waals surface area (Å²) in [7, 11) is 3.37. The van der Waals surface area contributed by atoms with Gasteiger partial charge in [0.15, 0.2) is 0 Å². The Balaban J connectivity index is 1.96. The van der Waals surface area contributed by atoms with Crippen molar-refractivity contribution in [2.24, 2.45) is 5.73 Å². The highest BCUT2D eigenvalue weighted by Crippen LogP contribution is 2.31. The Morgan fingerprint density at radius 2 is 2.03 bits per heavy atom. The van der Waals surface area contributed by atoms with Crippen LogP contribution in [-0.2, 0) is 13.1 Å². The number of imidazole rings is 1. The number of carbonyl (C=O) groups is 2. The predicted octanol–water partition coefficient (Wildman–Crippen LogP) is 2.07. The minimum Gasteiger partial charge on any atom is -0.494 e. The highest BCUT2D eigenvalue weighted by atomic mass is 32.2. The topological polar surface area (TPSA) is 141 Å². The van der Waals surface area contributed by atoms with Crippen LogP contribution in [0, 0.1) is 6.92 Å². The highest BCUT2D eigenvalue weighted by Gasteiger charge is 2.21. The van der Waals surface area contributed by atoms with E-state index in [0.29, 0.717) is 41.5 Å². The van der Waals surface area contributed by atoms with Gasteiger partial charge in [0.1, 0.15) is 17.0 Å². The lowest BCUT2D eigenvalue weighted by molar-refractivity contribution is 0.0995. The number of aromatic nitrogens is 4. The first kappa shape index (κ1) is 24.6. The Bertz CT molecular complexity index is 1140. The number of nitrogens with two attached hydrogens (primary N) is 1. The molecule has 0 aliphatic carbocycles. The molecule has 0 unspecified atom stereocenters. The van der Waals surface area contributed by atoms with Crippen molar-refractivity contribution in [3.63, 3.8) is 0 Å². The number of rotatable bonds is 12. The monoisotopic (exact) mass is 474 g/mol. The zero-order valence-corrected chi connectivity index (χ0v) is 20.1. The molecule has 3 aromatic rings. The number of unbranched alkanes of at least 4 members (excludes halogenated alkanes) is 1. The SMILES string of the molecule is CCn1nc(C)cc1C(=O)Nc1nc2cc(C(N)=O)cc(OC)c2n1CCCCNSNC. The van der Waals surface area contributed by atoms with Gasteiger partial charge in [0, 0.05) is 37.3 Å². The van der Waals surface area contributed by atoms with Crippen LogP contribution in [0.2, 0.25) is 0 Å². The first-order valence-electron chi connectivity index (χ1n) is 10.7. The van der Waals surface area contributed by atoms with Gasteiger partial charge in [-0.05, 0) is 51.9 Å². The molecule has 0 aliphatic rings. The lowest BCUT2D eigenvalue weighted by atomic mass is 10.1. The van der Waals surface area contributed by atoms with Crippen LogP contribution in [0.25, 0.3) is 11.0 Å². The standard InChI is InChI=1S/C21H30N8O3S/c1-5-29-16(10-13(2)27-29)20(31)26-21-25-15-11-14(19(22)30)12-17(32-4)18(15)28(21)9-7-6-8-24-33-23-3/h10-12,23-24H,5-9H2,1-4H3,(H2,22,30)(H,25,26,31). The lowest BCUT2D eigenvalue weighted by Crippen LogP contribution is -2.20. The molecule has 0 fully saturated rings. The van der Waals surface area contributed by atoms with Gasteiger partial charge in [-0.1, -0.05) is 0 Å². The van der Waals surface area contributed by atoms with Gasteiger partial charge in [-0.15, -0.1) is 0 Å². The molecule has 0 saturated heterocycles. The predicted molar refractivity (Wildman–Crippen MR) is 129 cm³/mol. The van der Waals surface area contributed by atoms with Crippen LogP contribution in [0.5, 0.6) is 5.75 Å². The molecule has 2 aromatic heterocycles. The van der Waals surface area contributed by atoms with Crippen LogP contribution in [0.1, 0.15) is 46.3 Å². The molecule has 178 valence electrons. The molecule has 2 heterocycles. The zero-order chi connectivity index (χ0) is 24.0. The molecule has 0 spiro atoms. The molecule has 5 N–H and O–H groups in total. The Morgan fingerprint density at radius 1 is 1.24 bits per heavy atom. The number of benzene rings is 1. The molecule has 0 aliphatic heterocycles. The fraction of sp³-hybridized carbons (Fsp3) is 0.429. The number of hydrogen-bond donors (Lipinski definition) is 4. The van der Waals surface area contributed by atoms with E-state index in [4.69, 9.17) is 10.5 Å². The molecule has 2 amide bonds. The van der Waals surface area contributed by atoms with Crippen LogP contribution in [-0.4, -0.2) is 51.8 Å². The number of methoxy groups -OCH3 is 1. The summed E-state index contributed by atoms with van der Waals surface area (Å²) in [6, 6.07) is 4.94. The molecular formula is C21H30N8O3S. The maximum absolute atomic E-state index is 13.1.